The van der Waals surface area contributed by atoms with Crippen LogP contribution in [0.1, 0.15) is 0 Å². The quantitative estimate of drug-likeness (QED) is 0.867. The van der Waals surface area contributed by atoms with Crippen LogP contribution in [0.25, 0.3) is 0 Å². The Labute approximate surface area is 116 Å². The Morgan fingerprint density at radius 1 is 1.33 bits per heavy atom. The van der Waals surface area contributed by atoms with Crippen LogP contribution in [0, 0.1) is 5.82 Å². The summed E-state index contributed by atoms with van der Waals surface area (Å²) < 4.78 is 19.3. The van der Waals surface area contributed by atoms with Crippen LogP contribution in [-0.2, 0) is 0 Å². The monoisotopic (exact) mass is 331 g/mol. The number of nitrogens with zero attached hydrogens (tertiary/aromatic N) is 2. The Balaban J connectivity index is 2.30. The van der Waals surface area contributed by atoms with Crippen molar-refractivity contribution in [3.63, 3.8) is 0 Å². The number of anilines is 1. The molecule has 1 aromatic heterocycles. The van der Waals surface area contributed by atoms with Gasteiger partial charge in [0.15, 0.2) is 0 Å². The number of aromatic nitrogens is 2. The molecule has 0 radical (unpaired) electrons. The maximum atomic E-state index is 13.3. The lowest BCUT2D eigenvalue weighted by Gasteiger charge is -2.08. The van der Waals surface area contributed by atoms with Crippen molar-refractivity contribution in [2.45, 2.75) is 0 Å². The molecule has 0 spiro atoms. The minimum Gasteiger partial charge on any atom is -0.438 e. The van der Waals surface area contributed by atoms with E-state index in [2.05, 4.69) is 31.2 Å². The predicted molar refractivity (Wildman–Crippen MR) is 70.8 cm³/mol. The minimum atomic E-state index is -0.558. The van der Waals surface area contributed by atoms with E-state index in [4.69, 9.17) is 16.3 Å². The molecule has 0 bridgehead atoms. The molecule has 18 heavy (non-hydrogen) atoms. The first kappa shape index (κ1) is 13.0. The molecule has 0 amide bonds. The zero-order valence-corrected chi connectivity index (χ0v) is 11.6. The highest BCUT2D eigenvalue weighted by molar-refractivity contribution is 9.10. The molecule has 0 aliphatic heterocycles. The SMILES string of the molecule is CNc1cc(Oc2cc(F)c(Cl)cc2Br)ncn1. The van der Waals surface area contributed by atoms with Crippen LogP contribution in [-0.4, -0.2) is 17.0 Å². The van der Waals surface area contributed by atoms with Crippen LogP contribution in [0.4, 0.5) is 10.2 Å². The molecule has 0 saturated carbocycles. The largest absolute Gasteiger partial charge is 0.438 e. The van der Waals surface area contributed by atoms with Crippen molar-refractivity contribution in [1.82, 2.24) is 9.97 Å². The molecular formula is C11H8BrClFN3O. The third-order valence-corrected chi connectivity index (χ3v) is 3.00. The Hall–Kier alpha value is -1.40. The summed E-state index contributed by atoms with van der Waals surface area (Å²) in [5, 5.41) is 2.87. The van der Waals surface area contributed by atoms with Gasteiger partial charge in [-0.05, 0) is 22.0 Å². The third-order valence-electron chi connectivity index (χ3n) is 2.09. The second-order valence-corrected chi connectivity index (χ2v) is 4.55. The van der Waals surface area contributed by atoms with Crippen molar-refractivity contribution in [3.05, 3.63) is 39.8 Å². The van der Waals surface area contributed by atoms with Gasteiger partial charge in [0, 0.05) is 19.2 Å². The number of ether oxygens (including phenoxy) is 1. The third kappa shape index (κ3) is 2.88. The average Bonchev–Trinajstić information content (AvgIpc) is 2.36. The molecule has 0 aliphatic rings. The molecule has 0 fully saturated rings. The van der Waals surface area contributed by atoms with Crippen LogP contribution in [0.5, 0.6) is 11.6 Å². The minimum absolute atomic E-state index is 0.0211. The first-order valence-electron chi connectivity index (χ1n) is 4.92. The number of hydrogen-bond acceptors (Lipinski definition) is 4. The highest BCUT2D eigenvalue weighted by Crippen LogP contribution is 2.33. The molecule has 94 valence electrons. The van der Waals surface area contributed by atoms with E-state index < -0.39 is 5.82 Å². The van der Waals surface area contributed by atoms with Crippen LogP contribution in [0.15, 0.2) is 29.0 Å². The van der Waals surface area contributed by atoms with E-state index in [0.717, 1.165) is 0 Å². The molecule has 7 heteroatoms. The fourth-order valence-corrected chi connectivity index (χ4v) is 1.95. The molecule has 1 heterocycles. The summed E-state index contributed by atoms with van der Waals surface area (Å²) in [5.41, 5.74) is 0. The van der Waals surface area contributed by atoms with Crippen molar-refractivity contribution in [2.75, 3.05) is 12.4 Å². The number of benzene rings is 1. The summed E-state index contributed by atoms with van der Waals surface area (Å²) in [6.45, 7) is 0. The van der Waals surface area contributed by atoms with Crippen LogP contribution < -0.4 is 10.1 Å². The van der Waals surface area contributed by atoms with Crippen molar-refractivity contribution >= 4 is 33.3 Å². The molecular weight excluding hydrogens is 324 g/mol. The van der Waals surface area contributed by atoms with Crippen LogP contribution >= 0.6 is 27.5 Å². The number of nitrogens with one attached hydrogen (secondary N) is 1. The number of hydrogen-bond donors (Lipinski definition) is 1. The van der Waals surface area contributed by atoms with Crippen molar-refractivity contribution < 1.29 is 9.13 Å². The molecule has 1 N–H and O–H groups in total. The number of halogens is 3. The molecule has 1 aromatic carbocycles. The Kier molecular flexibility index (Phi) is 3.98. The first-order valence-corrected chi connectivity index (χ1v) is 6.09. The highest BCUT2D eigenvalue weighted by Gasteiger charge is 2.09. The molecule has 0 atom stereocenters. The Morgan fingerprint density at radius 3 is 2.83 bits per heavy atom. The van der Waals surface area contributed by atoms with E-state index in [9.17, 15) is 4.39 Å². The predicted octanol–water partition coefficient (Wildman–Crippen LogP) is 3.87. The van der Waals surface area contributed by atoms with E-state index in [-0.39, 0.29) is 10.8 Å². The maximum Gasteiger partial charge on any atom is 0.224 e. The first-order chi connectivity index (χ1) is 8.60. The Morgan fingerprint density at radius 2 is 2.11 bits per heavy atom. The molecule has 0 aliphatic carbocycles. The summed E-state index contributed by atoms with van der Waals surface area (Å²) in [6.07, 6.45) is 1.35. The van der Waals surface area contributed by atoms with Crippen molar-refractivity contribution in [3.8, 4) is 11.6 Å². The van der Waals surface area contributed by atoms with Crippen molar-refractivity contribution in [2.24, 2.45) is 0 Å². The van der Waals surface area contributed by atoms with Gasteiger partial charge < -0.3 is 10.1 Å². The highest BCUT2D eigenvalue weighted by atomic mass is 79.9. The lowest BCUT2D eigenvalue weighted by atomic mass is 10.3. The summed E-state index contributed by atoms with van der Waals surface area (Å²) in [7, 11) is 1.73. The lowest BCUT2D eigenvalue weighted by molar-refractivity contribution is 0.454. The van der Waals surface area contributed by atoms with Gasteiger partial charge in [0.05, 0.1) is 9.50 Å². The van der Waals surface area contributed by atoms with Gasteiger partial charge in [-0.25, -0.2) is 14.4 Å². The Bertz CT molecular complexity index is 582. The topological polar surface area (TPSA) is 47.0 Å². The van der Waals surface area contributed by atoms with E-state index in [1.165, 1.54) is 18.5 Å². The zero-order valence-electron chi connectivity index (χ0n) is 9.25. The van der Waals surface area contributed by atoms with E-state index in [1.807, 2.05) is 0 Å². The summed E-state index contributed by atoms with van der Waals surface area (Å²) in [4.78, 5) is 7.87. The standard InChI is InChI=1S/C11H8BrClFN3O/c1-15-10-4-11(17-5-16-10)18-9-3-8(14)7(13)2-6(9)12/h2-5H,1H3,(H,15,16,17). The summed E-state index contributed by atoms with van der Waals surface area (Å²) >= 11 is 8.88. The zero-order chi connectivity index (χ0) is 13.1. The molecule has 2 rings (SSSR count). The number of rotatable bonds is 3. The summed E-state index contributed by atoms with van der Waals surface area (Å²) in [6, 6.07) is 4.21. The van der Waals surface area contributed by atoms with Gasteiger partial charge in [0.1, 0.15) is 23.7 Å². The van der Waals surface area contributed by atoms with Gasteiger partial charge in [0.25, 0.3) is 0 Å². The van der Waals surface area contributed by atoms with Gasteiger partial charge >= 0.3 is 0 Å². The summed E-state index contributed by atoms with van der Waals surface area (Å²) in [5.74, 6) is 0.637. The fraction of sp³-hybridized carbons (Fsp3) is 0.0909. The van der Waals surface area contributed by atoms with Gasteiger partial charge in [-0.1, -0.05) is 11.6 Å². The van der Waals surface area contributed by atoms with E-state index >= 15 is 0 Å². The molecule has 4 nitrogen and oxygen atoms in total. The van der Waals surface area contributed by atoms with Gasteiger partial charge in [-0.3, -0.25) is 0 Å². The lowest BCUT2D eigenvalue weighted by Crippen LogP contribution is -1.95. The van der Waals surface area contributed by atoms with E-state index in [1.54, 1.807) is 13.1 Å². The van der Waals surface area contributed by atoms with Gasteiger partial charge in [-0.2, -0.15) is 0 Å². The van der Waals surface area contributed by atoms with Gasteiger partial charge in [0.2, 0.25) is 5.88 Å². The molecule has 0 unspecified atom stereocenters. The maximum absolute atomic E-state index is 13.3. The van der Waals surface area contributed by atoms with Crippen LogP contribution in [0.3, 0.4) is 0 Å². The van der Waals surface area contributed by atoms with E-state index in [0.29, 0.717) is 16.2 Å². The van der Waals surface area contributed by atoms with Gasteiger partial charge in [-0.15, -0.1) is 0 Å². The second kappa shape index (κ2) is 5.49. The smallest absolute Gasteiger partial charge is 0.224 e. The van der Waals surface area contributed by atoms with Crippen LogP contribution in [0.2, 0.25) is 5.02 Å². The normalized spacial score (nSPS) is 10.2. The average molecular weight is 333 g/mol. The molecule has 0 saturated heterocycles. The molecule has 2 aromatic rings. The fourth-order valence-electron chi connectivity index (χ4n) is 1.23. The second-order valence-electron chi connectivity index (χ2n) is 3.29. The van der Waals surface area contributed by atoms with Crippen molar-refractivity contribution in [1.29, 1.82) is 0 Å².